The van der Waals surface area contributed by atoms with Gasteiger partial charge in [0.25, 0.3) is 0 Å². The summed E-state index contributed by atoms with van der Waals surface area (Å²) in [7, 11) is -3.32. The molecule has 2 saturated heterocycles. The average Bonchev–Trinajstić information content (AvgIpc) is 2.45. The monoisotopic (exact) mass is 303 g/mol. The van der Waals surface area contributed by atoms with Crippen molar-refractivity contribution < 1.29 is 18.4 Å². The van der Waals surface area contributed by atoms with Crippen molar-refractivity contribution in [2.24, 2.45) is 16.8 Å². The second-order valence-electron chi connectivity index (χ2n) is 5.50. The van der Waals surface area contributed by atoms with Crippen LogP contribution in [-0.2, 0) is 14.6 Å². The predicted octanol–water partition coefficient (Wildman–Crippen LogP) is -0.0613. The highest BCUT2D eigenvalue weighted by atomic mass is 32.2. The van der Waals surface area contributed by atoms with Crippen LogP contribution in [0, 0.1) is 5.92 Å². The summed E-state index contributed by atoms with van der Waals surface area (Å²) in [6, 6.07) is 0. The molecule has 20 heavy (non-hydrogen) atoms. The molecule has 114 valence electrons. The third kappa shape index (κ3) is 3.05. The number of piperidine rings is 1. The molecule has 2 rings (SSSR count). The molecule has 0 aromatic rings. The Balaban J connectivity index is 2.08. The summed E-state index contributed by atoms with van der Waals surface area (Å²) in [6.45, 7) is 0.876. The van der Waals surface area contributed by atoms with Gasteiger partial charge in [0.15, 0.2) is 9.84 Å². The lowest BCUT2D eigenvalue weighted by Gasteiger charge is -2.35. The predicted molar refractivity (Wildman–Crippen MR) is 74.1 cm³/mol. The first-order valence-corrected chi connectivity index (χ1v) is 8.65. The van der Waals surface area contributed by atoms with Crippen molar-refractivity contribution in [3.05, 3.63) is 0 Å². The molecule has 0 aromatic carbocycles. The van der Waals surface area contributed by atoms with Gasteiger partial charge in [-0.3, -0.25) is 4.79 Å². The quantitative estimate of drug-likeness (QED) is 0.321. The molecule has 7 nitrogen and oxygen atoms in total. The summed E-state index contributed by atoms with van der Waals surface area (Å²) in [4.78, 5) is 14.0. The van der Waals surface area contributed by atoms with Gasteiger partial charge in [0.05, 0.1) is 5.75 Å². The highest BCUT2D eigenvalue weighted by molar-refractivity contribution is 7.92. The van der Waals surface area contributed by atoms with Crippen LogP contribution in [-0.4, -0.2) is 54.4 Å². The van der Waals surface area contributed by atoms with E-state index in [1.165, 1.54) is 0 Å². The largest absolute Gasteiger partial charge is 0.409 e. The zero-order valence-electron chi connectivity index (χ0n) is 11.4. The van der Waals surface area contributed by atoms with Crippen LogP contribution in [0.1, 0.15) is 32.1 Å². The Kier molecular flexibility index (Phi) is 4.52. The van der Waals surface area contributed by atoms with E-state index in [-0.39, 0.29) is 23.4 Å². The maximum absolute atomic E-state index is 12.4. The standard InChI is InChI=1S/C12H21N3O4S/c13-11(14-17)9-4-3-6-15(8-9)12(16)10-5-1-2-7-20(10,18)19/h9-10,17H,1-8H2,(H2,13,14). The zero-order valence-corrected chi connectivity index (χ0v) is 12.2. The SMILES string of the molecule is NC(=NO)C1CCCN(C(=O)C2CCCCS2(=O)=O)C1. The first-order valence-electron chi connectivity index (χ1n) is 6.93. The minimum Gasteiger partial charge on any atom is -0.409 e. The average molecular weight is 303 g/mol. The summed E-state index contributed by atoms with van der Waals surface area (Å²) in [6.07, 6.45) is 3.30. The van der Waals surface area contributed by atoms with Gasteiger partial charge in [0.2, 0.25) is 5.91 Å². The van der Waals surface area contributed by atoms with Crippen LogP contribution < -0.4 is 5.73 Å². The molecule has 1 amide bonds. The number of amides is 1. The second-order valence-corrected chi connectivity index (χ2v) is 7.80. The van der Waals surface area contributed by atoms with Gasteiger partial charge in [-0.15, -0.1) is 0 Å². The number of carbonyl (C=O) groups is 1. The highest BCUT2D eigenvalue weighted by Crippen LogP contribution is 2.24. The molecule has 2 fully saturated rings. The third-order valence-electron chi connectivity index (χ3n) is 4.12. The molecule has 0 radical (unpaired) electrons. The molecule has 2 aliphatic rings. The number of sulfone groups is 1. The Morgan fingerprint density at radius 1 is 1.25 bits per heavy atom. The van der Waals surface area contributed by atoms with E-state index in [0.29, 0.717) is 25.9 Å². The van der Waals surface area contributed by atoms with Crippen molar-refractivity contribution in [1.29, 1.82) is 0 Å². The lowest BCUT2D eigenvalue weighted by molar-refractivity contribution is -0.132. The highest BCUT2D eigenvalue weighted by Gasteiger charge is 2.39. The summed E-state index contributed by atoms with van der Waals surface area (Å²) in [5.41, 5.74) is 5.59. The van der Waals surface area contributed by atoms with Crippen molar-refractivity contribution in [1.82, 2.24) is 4.90 Å². The number of carbonyl (C=O) groups excluding carboxylic acids is 1. The Morgan fingerprint density at radius 2 is 2.00 bits per heavy atom. The molecule has 0 spiro atoms. The maximum Gasteiger partial charge on any atom is 0.240 e. The topological polar surface area (TPSA) is 113 Å². The lowest BCUT2D eigenvalue weighted by Crippen LogP contribution is -2.50. The summed E-state index contributed by atoms with van der Waals surface area (Å²) < 4.78 is 24.0. The first kappa shape index (κ1) is 15.1. The van der Waals surface area contributed by atoms with Crippen molar-refractivity contribution in [3.63, 3.8) is 0 Å². The van der Waals surface area contributed by atoms with Gasteiger partial charge in [0, 0.05) is 19.0 Å². The normalized spacial score (nSPS) is 31.0. The number of hydrogen-bond acceptors (Lipinski definition) is 5. The molecule has 2 heterocycles. The zero-order chi connectivity index (χ0) is 14.8. The molecular formula is C12H21N3O4S. The van der Waals surface area contributed by atoms with E-state index in [9.17, 15) is 13.2 Å². The summed E-state index contributed by atoms with van der Waals surface area (Å²) in [5.74, 6) is -0.306. The number of oxime groups is 1. The van der Waals surface area contributed by atoms with Gasteiger partial charge in [0.1, 0.15) is 11.1 Å². The van der Waals surface area contributed by atoms with E-state index in [2.05, 4.69) is 5.16 Å². The van der Waals surface area contributed by atoms with E-state index < -0.39 is 15.1 Å². The Hall–Kier alpha value is -1.31. The molecule has 0 bridgehead atoms. The number of likely N-dealkylation sites (tertiary alicyclic amines) is 1. The molecule has 2 unspecified atom stereocenters. The fourth-order valence-corrected chi connectivity index (χ4v) is 4.81. The molecule has 0 saturated carbocycles. The van der Waals surface area contributed by atoms with Gasteiger partial charge in [-0.05, 0) is 25.7 Å². The molecule has 3 N–H and O–H groups in total. The number of nitrogens with zero attached hydrogens (tertiary/aromatic N) is 2. The van der Waals surface area contributed by atoms with E-state index in [4.69, 9.17) is 10.9 Å². The smallest absolute Gasteiger partial charge is 0.240 e. The summed E-state index contributed by atoms with van der Waals surface area (Å²) in [5, 5.41) is 10.8. The van der Waals surface area contributed by atoms with Crippen LogP contribution in [0.2, 0.25) is 0 Å². The van der Waals surface area contributed by atoms with Crippen LogP contribution in [0.15, 0.2) is 5.16 Å². The van der Waals surface area contributed by atoms with Gasteiger partial charge in [-0.2, -0.15) is 0 Å². The molecule has 0 aromatic heterocycles. The minimum absolute atomic E-state index is 0.0981. The molecule has 2 atom stereocenters. The molecule has 8 heteroatoms. The van der Waals surface area contributed by atoms with E-state index in [0.717, 1.165) is 19.3 Å². The number of hydrogen-bond donors (Lipinski definition) is 2. The minimum atomic E-state index is -3.32. The Morgan fingerprint density at radius 3 is 2.65 bits per heavy atom. The van der Waals surface area contributed by atoms with Crippen molar-refractivity contribution in [2.45, 2.75) is 37.4 Å². The van der Waals surface area contributed by atoms with Crippen LogP contribution in [0.5, 0.6) is 0 Å². The fraction of sp³-hybridized carbons (Fsp3) is 0.833. The van der Waals surface area contributed by atoms with Crippen LogP contribution >= 0.6 is 0 Å². The van der Waals surface area contributed by atoms with Crippen LogP contribution in [0.4, 0.5) is 0 Å². The van der Waals surface area contributed by atoms with Crippen molar-refractivity contribution in [2.75, 3.05) is 18.8 Å². The van der Waals surface area contributed by atoms with Gasteiger partial charge < -0.3 is 15.8 Å². The number of rotatable bonds is 2. The first-order chi connectivity index (χ1) is 9.45. The van der Waals surface area contributed by atoms with E-state index in [1.807, 2.05) is 0 Å². The number of amidine groups is 1. The van der Waals surface area contributed by atoms with Gasteiger partial charge in [-0.25, -0.2) is 8.42 Å². The van der Waals surface area contributed by atoms with Crippen molar-refractivity contribution in [3.8, 4) is 0 Å². The molecule has 0 aliphatic carbocycles. The fourth-order valence-electron chi connectivity index (χ4n) is 2.94. The lowest BCUT2D eigenvalue weighted by atomic mass is 9.96. The second kappa shape index (κ2) is 5.99. The molecular weight excluding hydrogens is 282 g/mol. The van der Waals surface area contributed by atoms with Gasteiger partial charge in [-0.1, -0.05) is 11.6 Å². The van der Waals surface area contributed by atoms with Crippen LogP contribution in [0.3, 0.4) is 0 Å². The van der Waals surface area contributed by atoms with E-state index in [1.54, 1.807) is 4.90 Å². The van der Waals surface area contributed by atoms with Gasteiger partial charge >= 0.3 is 0 Å². The van der Waals surface area contributed by atoms with Crippen molar-refractivity contribution >= 4 is 21.6 Å². The molecule has 2 aliphatic heterocycles. The maximum atomic E-state index is 12.4. The third-order valence-corrected chi connectivity index (χ3v) is 6.28. The Bertz CT molecular complexity index is 503. The van der Waals surface area contributed by atoms with Crippen LogP contribution in [0.25, 0.3) is 0 Å². The summed E-state index contributed by atoms with van der Waals surface area (Å²) >= 11 is 0. The Labute approximate surface area is 118 Å². The number of nitrogens with two attached hydrogens (primary N) is 1. The van der Waals surface area contributed by atoms with E-state index >= 15 is 0 Å².